The van der Waals surface area contributed by atoms with Crippen molar-refractivity contribution in [3.63, 3.8) is 0 Å². The Kier molecular flexibility index (Phi) is 5.13. The summed E-state index contributed by atoms with van der Waals surface area (Å²) in [5.74, 6) is 1.15. The quantitative estimate of drug-likeness (QED) is 0.733. The van der Waals surface area contributed by atoms with Gasteiger partial charge in [-0.15, -0.1) is 0 Å². The number of aromatic nitrogens is 2. The number of hydrogen-bond donors (Lipinski definition) is 2. The molecule has 2 aliphatic carbocycles. The van der Waals surface area contributed by atoms with Crippen LogP contribution < -0.4 is 0 Å². The third kappa shape index (κ3) is 3.53. The van der Waals surface area contributed by atoms with Crippen LogP contribution in [-0.2, 0) is 18.4 Å². The largest absolute Gasteiger partial charge is 0.508 e. The Morgan fingerprint density at radius 1 is 1.03 bits per heavy atom. The molecule has 3 heterocycles. The summed E-state index contributed by atoms with van der Waals surface area (Å²) in [6.07, 6.45) is 6.31. The van der Waals surface area contributed by atoms with E-state index in [0.29, 0.717) is 5.75 Å². The Balaban J connectivity index is 1.30. The van der Waals surface area contributed by atoms with Gasteiger partial charge in [-0.3, -0.25) is 9.58 Å². The van der Waals surface area contributed by atoms with E-state index in [-0.39, 0.29) is 11.5 Å². The fourth-order valence-corrected chi connectivity index (χ4v) is 7.27. The first kappa shape index (κ1) is 21.6. The highest BCUT2D eigenvalue weighted by Gasteiger charge is 2.63. The van der Waals surface area contributed by atoms with E-state index in [0.717, 1.165) is 76.6 Å². The van der Waals surface area contributed by atoms with Crippen LogP contribution in [0.4, 0.5) is 0 Å². The van der Waals surface area contributed by atoms with Crippen molar-refractivity contribution < 1.29 is 10.2 Å². The molecule has 0 amide bonds. The molecule has 2 aliphatic heterocycles. The Morgan fingerprint density at radius 2 is 1.82 bits per heavy atom. The maximum Gasteiger partial charge on any atom is 0.115 e. The summed E-state index contributed by atoms with van der Waals surface area (Å²) in [6.45, 7) is 10.1. The first-order valence-electron chi connectivity index (χ1n) is 12.9. The third-order valence-corrected chi connectivity index (χ3v) is 9.25. The number of aliphatic hydroxyl groups is 1. The van der Waals surface area contributed by atoms with Gasteiger partial charge in [0.2, 0.25) is 0 Å². The van der Waals surface area contributed by atoms with Crippen molar-refractivity contribution in [1.29, 1.82) is 0 Å². The number of aromatic hydroxyl groups is 1. The average molecular weight is 451 g/mol. The van der Waals surface area contributed by atoms with E-state index in [4.69, 9.17) is 0 Å². The highest BCUT2D eigenvalue weighted by molar-refractivity contribution is 5.48. The Hall–Kier alpha value is -1.89. The number of aryl methyl sites for hydroxylation is 2. The van der Waals surface area contributed by atoms with Gasteiger partial charge in [0.05, 0.1) is 17.8 Å². The number of rotatable bonds is 5. The first-order valence-corrected chi connectivity index (χ1v) is 12.9. The van der Waals surface area contributed by atoms with Crippen LogP contribution in [0.15, 0.2) is 24.3 Å². The molecule has 0 radical (unpaired) electrons. The van der Waals surface area contributed by atoms with E-state index < -0.39 is 5.60 Å². The zero-order valence-corrected chi connectivity index (χ0v) is 20.1. The molecule has 4 aliphatic rings. The molecule has 6 heteroatoms. The normalized spacial score (nSPS) is 32.3. The summed E-state index contributed by atoms with van der Waals surface area (Å²) in [4.78, 5) is 5.15. The molecule has 2 N–H and O–H groups in total. The van der Waals surface area contributed by atoms with Crippen LogP contribution in [-0.4, -0.2) is 74.2 Å². The zero-order chi connectivity index (χ0) is 22.8. The van der Waals surface area contributed by atoms with E-state index in [2.05, 4.69) is 45.6 Å². The predicted octanol–water partition coefficient (Wildman–Crippen LogP) is 3.01. The summed E-state index contributed by atoms with van der Waals surface area (Å²) in [5, 5.41) is 27.6. The summed E-state index contributed by atoms with van der Waals surface area (Å²) < 4.78 is 2.11. The zero-order valence-electron chi connectivity index (χ0n) is 20.1. The number of benzene rings is 1. The summed E-state index contributed by atoms with van der Waals surface area (Å²) >= 11 is 0. The van der Waals surface area contributed by atoms with Gasteiger partial charge in [0, 0.05) is 36.8 Å². The van der Waals surface area contributed by atoms with Gasteiger partial charge in [-0.05, 0) is 101 Å². The van der Waals surface area contributed by atoms with Gasteiger partial charge in [0.1, 0.15) is 5.75 Å². The SMILES string of the molecule is Cc1cc(C)n(CCN2CC[C@]34CCN(CC5CC5)[C@H](Cc5ccc(O)cc53)[C@]4(O)CC2)n1. The highest BCUT2D eigenvalue weighted by Crippen LogP contribution is 2.56. The van der Waals surface area contributed by atoms with Crippen molar-refractivity contribution in [2.75, 3.05) is 32.7 Å². The number of phenolic OH excluding ortho intramolecular Hbond substituents is 1. The maximum absolute atomic E-state index is 12.6. The molecular formula is C27H38N4O2. The van der Waals surface area contributed by atoms with Gasteiger partial charge in [-0.2, -0.15) is 5.10 Å². The lowest BCUT2D eigenvalue weighted by Crippen LogP contribution is -2.71. The van der Waals surface area contributed by atoms with E-state index in [1.54, 1.807) is 0 Å². The summed E-state index contributed by atoms with van der Waals surface area (Å²) in [6, 6.07) is 8.24. The van der Waals surface area contributed by atoms with Crippen LogP contribution in [0.2, 0.25) is 0 Å². The molecule has 2 saturated heterocycles. The van der Waals surface area contributed by atoms with Crippen LogP contribution in [0.25, 0.3) is 0 Å². The topological polar surface area (TPSA) is 64.8 Å². The molecule has 0 spiro atoms. The lowest BCUT2D eigenvalue weighted by molar-refractivity contribution is -0.149. The second kappa shape index (κ2) is 7.82. The minimum atomic E-state index is -0.742. The van der Waals surface area contributed by atoms with Gasteiger partial charge >= 0.3 is 0 Å². The van der Waals surface area contributed by atoms with Gasteiger partial charge in [-0.25, -0.2) is 0 Å². The van der Waals surface area contributed by atoms with Crippen molar-refractivity contribution in [3.05, 3.63) is 46.8 Å². The fraction of sp³-hybridized carbons (Fsp3) is 0.667. The Morgan fingerprint density at radius 3 is 2.58 bits per heavy atom. The molecule has 1 aromatic carbocycles. The second-order valence-electron chi connectivity index (χ2n) is 11.2. The molecule has 33 heavy (non-hydrogen) atoms. The van der Waals surface area contributed by atoms with E-state index in [9.17, 15) is 10.2 Å². The highest BCUT2D eigenvalue weighted by atomic mass is 16.3. The molecule has 0 unspecified atom stereocenters. The molecule has 3 fully saturated rings. The summed E-state index contributed by atoms with van der Waals surface area (Å²) in [5.41, 5.74) is 3.82. The smallest absolute Gasteiger partial charge is 0.115 e. The molecule has 1 saturated carbocycles. The monoisotopic (exact) mass is 450 g/mol. The molecule has 1 aromatic heterocycles. The van der Waals surface area contributed by atoms with Crippen LogP contribution in [0, 0.1) is 19.8 Å². The Bertz CT molecular complexity index is 1050. The lowest BCUT2D eigenvalue weighted by atomic mass is 9.52. The molecular weight excluding hydrogens is 412 g/mol. The number of nitrogens with zero attached hydrogens (tertiary/aromatic N) is 4. The molecule has 6 nitrogen and oxygen atoms in total. The van der Waals surface area contributed by atoms with Crippen LogP contribution >= 0.6 is 0 Å². The van der Waals surface area contributed by atoms with Gasteiger partial charge in [0.15, 0.2) is 0 Å². The number of likely N-dealkylation sites (tertiary alicyclic amines) is 2. The van der Waals surface area contributed by atoms with Crippen molar-refractivity contribution in [3.8, 4) is 5.75 Å². The van der Waals surface area contributed by atoms with Gasteiger partial charge in [0.25, 0.3) is 0 Å². The number of fused-ring (bicyclic) bond motifs is 1. The summed E-state index contributed by atoms with van der Waals surface area (Å²) in [7, 11) is 0. The second-order valence-corrected chi connectivity index (χ2v) is 11.2. The van der Waals surface area contributed by atoms with Crippen molar-refractivity contribution in [2.24, 2.45) is 5.92 Å². The lowest BCUT2D eigenvalue weighted by Gasteiger charge is -2.61. The molecule has 6 rings (SSSR count). The van der Waals surface area contributed by atoms with Crippen LogP contribution in [0.3, 0.4) is 0 Å². The van der Waals surface area contributed by atoms with E-state index in [1.165, 1.54) is 29.7 Å². The number of phenols is 1. The maximum atomic E-state index is 12.6. The molecule has 3 atom stereocenters. The van der Waals surface area contributed by atoms with Gasteiger partial charge < -0.3 is 15.1 Å². The third-order valence-electron chi connectivity index (χ3n) is 9.25. The number of piperidine rings is 1. The molecule has 2 bridgehead atoms. The standard InChI is InChI=1S/C27H38N4O2/c1-19-15-20(2)31(28-19)14-13-29-10-7-26-8-12-30(18-21-3-4-21)25(27(26,33)9-11-29)16-22-5-6-23(32)17-24(22)26/h5-6,15,17,21,25,32-33H,3-4,7-14,16,18H2,1-2H3/t25-,26+,27-/m1/s1. The van der Waals surface area contributed by atoms with Gasteiger partial charge in [-0.1, -0.05) is 6.07 Å². The fourth-order valence-electron chi connectivity index (χ4n) is 7.27. The molecule has 178 valence electrons. The van der Waals surface area contributed by atoms with Crippen LogP contribution in [0.5, 0.6) is 5.75 Å². The van der Waals surface area contributed by atoms with Crippen molar-refractivity contribution in [1.82, 2.24) is 19.6 Å². The van der Waals surface area contributed by atoms with Crippen molar-refractivity contribution in [2.45, 2.75) is 76.0 Å². The minimum absolute atomic E-state index is 0.180. The minimum Gasteiger partial charge on any atom is -0.508 e. The average Bonchev–Trinajstić information content (AvgIpc) is 3.55. The van der Waals surface area contributed by atoms with Crippen LogP contribution in [0.1, 0.15) is 54.6 Å². The molecule has 2 aromatic rings. The Labute approximate surface area is 197 Å². The van der Waals surface area contributed by atoms with Crippen molar-refractivity contribution >= 4 is 0 Å². The van der Waals surface area contributed by atoms with E-state index in [1.807, 2.05) is 12.1 Å². The number of hydrogen-bond acceptors (Lipinski definition) is 5. The predicted molar refractivity (Wildman–Crippen MR) is 129 cm³/mol. The first-order chi connectivity index (χ1) is 15.9. The van der Waals surface area contributed by atoms with E-state index >= 15 is 0 Å².